The number of benzene rings is 1. The van der Waals surface area contributed by atoms with Crippen LogP contribution in [0.3, 0.4) is 0 Å². The van der Waals surface area contributed by atoms with Crippen LogP contribution in [0.15, 0.2) is 24.3 Å². The van der Waals surface area contributed by atoms with Gasteiger partial charge < -0.3 is 0 Å². The highest BCUT2D eigenvalue weighted by Gasteiger charge is 2.03. The lowest BCUT2D eigenvalue weighted by Crippen LogP contribution is -2.03. The van der Waals surface area contributed by atoms with Crippen LogP contribution in [-0.4, -0.2) is 10.7 Å². The summed E-state index contributed by atoms with van der Waals surface area (Å²) in [7, 11) is 0. The molecule has 12 heavy (non-hydrogen) atoms. The van der Waals surface area contributed by atoms with E-state index in [4.69, 9.17) is 23.2 Å². The van der Waals surface area contributed by atoms with E-state index in [-0.39, 0.29) is 5.38 Å². The van der Waals surface area contributed by atoms with Crippen molar-refractivity contribution in [2.75, 3.05) is 5.33 Å². The van der Waals surface area contributed by atoms with Crippen LogP contribution in [0.2, 0.25) is 5.02 Å². The molecule has 0 saturated carbocycles. The molecule has 0 amide bonds. The fourth-order valence-electron chi connectivity index (χ4n) is 0.974. The summed E-state index contributed by atoms with van der Waals surface area (Å²) in [5.74, 6) is 0. The normalized spacial score (nSPS) is 12.9. The minimum atomic E-state index is 0.142. The second kappa shape index (κ2) is 5.11. The molecular weight excluding hydrogens is 259 g/mol. The lowest BCUT2D eigenvalue weighted by atomic mass is 10.1. The van der Waals surface area contributed by atoms with Gasteiger partial charge in [-0.05, 0) is 24.1 Å². The Morgan fingerprint density at radius 1 is 1.42 bits per heavy atom. The van der Waals surface area contributed by atoms with Crippen molar-refractivity contribution in [2.45, 2.75) is 11.8 Å². The van der Waals surface area contributed by atoms with Crippen molar-refractivity contribution in [3.8, 4) is 0 Å². The van der Waals surface area contributed by atoms with Gasteiger partial charge in [-0.15, -0.1) is 11.6 Å². The zero-order chi connectivity index (χ0) is 8.97. The third kappa shape index (κ3) is 3.34. The van der Waals surface area contributed by atoms with Crippen molar-refractivity contribution in [1.29, 1.82) is 0 Å². The second-order valence-electron chi connectivity index (χ2n) is 2.59. The fraction of sp³-hybridized carbons (Fsp3) is 0.333. The first-order valence-electron chi connectivity index (χ1n) is 3.67. The first-order valence-corrected chi connectivity index (χ1v) is 5.60. The van der Waals surface area contributed by atoms with Crippen LogP contribution >= 0.6 is 39.1 Å². The molecule has 1 atom stereocenters. The van der Waals surface area contributed by atoms with Crippen LogP contribution in [-0.2, 0) is 6.42 Å². The summed E-state index contributed by atoms with van der Waals surface area (Å²) in [4.78, 5) is 0. The fourth-order valence-corrected chi connectivity index (χ4v) is 1.59. The first kappa shape index (κ1) is 10.4. The van der Waals surface area contributed by atoms with Crippen molar-refractivity contribution < 1.29 is 0 Å². The largest absolute Gasteiger partial charge is 0.122 e. The van der Waals surface area contributed by atoms with Gasteiger partial charge in [-0.2, -0.15) is 0 Å². The number of hydrogen-bond acceptors (Lipinski definition) is 0. The van der Waals surface area contributed by atoms with E-state index in [1.807, 2.05) is 24.3 Å². The molecule has 66 valence electrons. The van der Waals surface area contributed by atoms with E-state index < -0.39 is 0 Å². The standard InChI is InChI=1S/C9H9BrCl2/c10-6-9(12)5-7-2-1-3-8(11)4-7/h1-4,9H,5-6H2. The highest BCUT2D eigenvalue weighted by Crippen LogP contribution is 2.15. The maximum atomic E-state index is 5.96. The van der Waals surface area contributed by atoms with Crippen molar-refractivity contribution in [1.82, 2.24) is 0 Å². The molecule has 1 aromatic rings. The molecule has 3 heteroatoms. The molecule has 0 heterocycles. The third-order valence-electron chi connectivity index (χ3n) is 1.51. The summed E-state index contributed by atoms with van der Waals surface area (Å²) in [5, 5.41) is 1.72. The van der Waals surface area contributed by atoms with Gasteiger partial charge in [-0.1, -0.05) is 39.7 Å². The Balaban J connectivity index is 2.63. The summed E-state index contributed by atoms with van der Waals surface area (Å²) < 4.78 is 0. The molecule has 1 rings (SSSR count). The topological polar surface area (TPSA) is 0 Å². The summed E-state index contributed by atoms with van der Waals surface area (Å²) in [6.45, 7) is 0. The molecule has 0 aliphatic carbocycles. The highest BCUT2D eigenvalue weighted by atomic mass is 79.9. The van der Waals surface area contributed by atoms with Gasteiger partial charge in [-0.25, -0.2) is 0 Å². The quantitative estimate of drug-likeness (QED) is 0.729. The van der Waals surface area contributed by atoms with Gasteiger partial charge in [0.05, 0.1) is 0 Å². The predicted octanol–water partition coefficient (Wildman–Crippen LogP) is 3.88. The van der Waals surface area contributed by atoms with E-state index in [0.29, 0.717) is 0 Å². The van der Waals surface area contributed by atoms with E-state index in [2.05, 4.69) is 15.9 Å². The molecule has 0 aromatic heterocycles. The van der Waals surface area contributed by atoms with Crippen LogP contribution < -0.4 is 0 Å². The minimum Gasteiger partial charge on any atom is -0.122 e. The second-order valence-corrected chi connectivity index (χ2v) is 4.29. The van der Waals surface area contributed by atoms with E-state index in [0.717, 1.165) is 16.8 Å². The van der Waals surface area contributed by atoms with Gasteiger partial charge >= 0.3 is 0 Å². The molecule has 1 unspecified atom stereocenters. The molecule has 0 saturated heterocycles. The lowest BCUT2D eigenvalue weighted by molar-refractivity contribution is 0.949. The minimum absolute atomic E-state index is 0.142. The number of hydrogen-bond donors (Lipinski definition) is 0. The first-order chi connectivity index (χ1) is 5.72. The third-order valence-corrected chi connectivity index (χ3v) is 3.21. The van der Waals surface area contributed by atoms with Crippen LogP contribution in [0.25, 0.3) is 0 Å². The lowest BCUT2D eigenvalue weighted by Gasteiger charge is -2.05. The number of halogens is 3. The van der Waals surface area contributed by atoms with Crippen molar-refractivity contribution in [3.05, 3.63) is 34.9 Å². The molecule has 0 fully saturated rings. The summed E-state index contributed by atoms with van der Waals surface area (Å²) in [6, 6.07) is 7.78. The predicted molar refractivity (Wildman–Crippen MR) is 58.6 cm³/mol. The van der Waals surface area contributed by atoms with Gasteiger partial charge in [0.25, 0.3) is 0 Å². The molecule has 0 aliphatic rings. The SMILES string of the molecule is Clc1cccc(CC(Cl)CBr)c1. The Hall–Kier alpha value is 0.280. The molecule has 0 aliphatic heterocycles. The molecule has 0 spiro atoms. The zero-order valence-electron chi connectivity index (χ0n) is 6.43. The molecule has 1 aromatic carbocycles. The average molecular weight is 268 g/mol. The van der Waals surface area contributed by atoms with E-state index in [1.54, 1.807) is 0 Å². The maximum Gasteiger partial charge on any atom is 0.0473 e. The smallest absolute Gasteiger partial charge is 0.0473 e. The Bertz CT molecular complexity index is 250. The van der Waals surface area contributed by atoms with Crippen LogP contribution in [0.1, 0.15) is 5.56 Å². The number of rotatable bonds is 3. The van der Waals surface area contributed by atoms with E-state index in [9.17, 15) is 0 Å². The van der Waals surface area contributed by atoms with Gasteiger partial charge in [0.1, 0.15) is 0 Å². The maximum absolute atomic E-state index is 5.96. The van der Waals surface area contributed by atoms with Crippen LogP contribution in [0, 0.1) is 0 Å². The van der Waals surface area contributed by atoms with E-state index >= 15 is 0 Å². The van der Waals surface area contributed by atoms with Gasteiger partial charge in [0, 0.05) is 15.7 Å². The summed E-state index contributed by atoms with van der Waals surface area (Å²) >= 11 is 15.1. The Kier molecular flexibility index (Phi) is 4.41. The highest BCUT2D eigenvalue weighted by molar-refractivity contribution is 9.09. The Labute approximate surface area is 91.0 Å². The van der Waals surface area contributed by atoms with Gasteiger partial charge in [0.2, 0.25) is 0 Å². The van der Waals surface area contributed by atoms with Crippen molar-refractivity contribution in [2.24, 2.45) is 0 Å². The van der Waals surface area contributed by atoms with Gasteiger partial charge in [-0.3, -0.25) is 0 Å². The monoisotopic (exact) mass is 266 g/mol. The average Bonchev–Trinajstić information content (AvgIpc) is 2.04. The van der Waals surface area contributed by atoms with Crippen molar-refractivity contribution in [3.63, 3.8) is 0 Å². The molecule has 0 N–H and O–H groups in total. The van der Waals surface area contributed by atoms with E-state index in [1.165, 1.54) is 5.56 Å². The molecule has 0 radical (unpaired) electrons. The van der Waals surface area contributed by atoms with Gasteiger partial charge in [0.15, 0.2) is 0 Å². The van der Waals surface area contributed by atoms with Crippen molar-refractivity contribution >= 4 is 39.1 Å². The molecule has 0 nitrogen and oxygen atoms in total. The Morgan fingerprint density at radius 2 is 2.17 bits per heavy atom. The number of alkyl halides is 2. The van der Waals surface area contributed by atoms with Crippen LogP contribution in [0.5, 0.6) is 0 Å². The Morgan fingerprint density at radius 3 is 2.75 bits per heavy atom. The zero-order valence-corrected chi connectivity index (χ0v) is 9.53. The van der Waals surface area contributed by atoms with Crippen LogP contribution in [0.4, 0.5) is 0 Å². The summed E-state index contributed by atoms with van der Waals surface area (Å²) in [5.41, 5.74) is 1.18. The molecular formula is C9H9BrCl2. The summed E-state index contributed by atoms with van der Waals surface area (Å²) in [6.07, 6.45) is 0.855. The molecule has 0 bridgehead atoms.